The summed E-state index contributed by atoms with van der Waals surface area (Å²) in [5.41, 5.74) is -1.76. The minimum absolute atomic E-state index is 0.0920. The minimum Gasteiger partial charge on any atom is -0.467 e. The van der Waals surface area contributed by atoms with Gasteiger partial charge in [-0.05, 0) is 18.6 Å². The van der Waals surface area contributed by atoms with E-state index in [-0.39, 0.29) is 23.7 Å². The van der Waals surface area contributed by atoms with Gasteiger partial charge in [0.1, 0.15) is 5.78 Å². The van der Waals surface area contributed by atoms with Crippen LogP contribution in [-0.4, -0.2) is 35.4 Å². The number of Topliss-reactive ketones (excluding diaryl/α,β-unsaturated/α-hetero) is 1. The fraction of sp³-hybridized carbons (Fsp3) is 0.667. The number of rotatable bonds is 8. The van der Waals surface area contributed by atoms with Crippen LogP contribution < -0.4 is 10.6 Å². The van der Waals surface area contributed by atoms with E-state index in [0.29, 0.717) is 6.42 Å². The molecule has 0 radical (unpaired) electrons. The van der Waals surface area contributed by atoms with Crippen molar-refractivity contribution >= 4 is 35.0 Å². The molecule has 0 aromatic rings. The minimum atomic E-state index is -1.76. The van der Waals surface area contributed by atoms with Gasteiger partial charge in [-0.15, -0.1) is 0 Å². The summed E-state index contributed by atoms with van der Waals surface area (Å²) in [6.07, 6.45) is 3.68. The molecule has 0 spiro atoms. The SMILES string of the molecule is CCCCCCC(=O)C[C@]1(C(=O)OC)NC(=S)NC(=O)[C@H]1C#N. The van der Waals surface area contributed by atoms with E-state index in [0.717, 1.165) is 26.4 Å². The van der Waals surface area contributed by atoms with E-state index < -0.39 is 23.3 Å². The Labute approximate surface area is 140 Å². The van der Waals surface area contributed by atoms with E-state index >= 15 is 0 Å². The van der Waals surface area contributed by atoms with Crippen LogP contribution in [0.2, 0.25) is 0 Å². The van der Waals surface area contributed by atoms with E-state index in [4.69, 9.17) is 17.0 Å². The van der Waals surface area contributed by atoms with Gasteiger partial charge in [0.25, 0.3) is 0 Å². The van der Waals surface area contributed by atoms with Crippen molar-refractivity contribution in [2.24, 2.45) is 5.92 Å². The lowest BCUT2D eigenvalue weighted by Gasteiger charge is -2.38. The lowest BCUT2D eigenvalue weighted by Crippen LogP contribution is -2.70. The van der Waals surface area contributed by atoms with Crippen LogP contribution in [0.15, 0.2) is 0 Å². The number of thiocarbonyl (C=S) groups is 1. The van der Waals surface area contributed by atoms with Crippen molar-refractivity contribution in [3.8, 4) is 6.07 Å². The second kappa shape index (κ2) is 8.58. The molecule has 1 aliphatic rings. The number of ether oxygens (including phenoxy) is 1. The third-order valence-corrected chi connectivity index (χ3v) is 4.00. The lowest BCUT2D eigenvalue weighted by atomic mass is 9.78. The number of nitriles is 1. The van der Waals surface area contributed by atoms with Crippen LogP contribution in [0.25, 0.3) is 0 Å². The Morgan fingerprint density at radius 3 is 2.65 bits per heavy atom. The summed E-state index contributed by atoms with van der Waals surface area (Å²) in [5, 5.41) is 14.1. The maximum atomic E-state index is 12.2. The first kappa shape index (κ1) is 19.0. The van der Waals surface area contributed by atoms with Gasteiger partial charge in [0, 0.05) is 12.8 Å². The van der Waals surface area contributed by atoms with Gasteiger partial charge in [-0.25, -0.2) is 4.79 Å². The zero-order chi connectivity index (χ0) is 17.5. The first-order chi connectivity index (χ1) is 10.9. The summed E-state index contributed by atoms with van der Waals surface area (Å²) in [7, 11) is 1.14. The number of ketones is 1. The van der Waals surface area contributed by atoms with Crippen molar-refractivity contribution in [3.63, 3.8) is 0 Å². The van der Waals surface area contributed by atoms with Gasteiger partial charge in [0.15, 0.2) is 16.6 Å². The highest BCUT2D eigenvalue weighted by molar-refractivity contribution is 7.80. The molecule has 2 N–H and O–H groups in total. The lowest BCUT2D eigenvalue weighted by molar-refractivity contribution is -0.154. The summed E-state index contributed by atoms with van der Waals surface area (Å²) in [5.74, 6) is -3.15. The van der Waals surface area contributed by atoms with Crippen LogP contribution in [0.1, 0.15) is 45.4 Å². The topological polar surface area (TPSA) is 108 Å². The average molecular weight is 339 g/mol. The summed E-state index contributed by atoms with van der Waals surface area (Å²) in [6.45, 7) is 2.07. The molecule has 1 rings (SSSR count). The Hall–Kier alpha value is -2.01. The number of hydrogen-bond donors (Lipinski definition) is 2. The number of carbonyl (C=O) groups excluding carboxylic acids is 3. The van der Waals surface area contributed by atoms with Crippen LogP contribution in [0.3, 0.4) is 0 Å². The molecule has 0 unspecified atom stereocenters. The third-order valence-electron chi connectivity index (χ3n) is 3.79. The van der Waals surface area contributed by atoms with Gasteiger partial charge in [-0.2, -0.15) is 5.26 Å². The van der Waals surface area contributed by atoms with Gasteiger partial charge in [-0.3, -0.25) is 9.59 Å². The number of carbonyl (C=O) groups is 3. The van der Waals surface area contributed by atoms with Crippen molar-refractivity contribution in [3.05, 3.63) is 0 Å². The molecule has 0 bridgehead atoms. The van der Waals surface area contributed by atoms with Gasteiger partial charge in [-0.1, -0.05) is 26.2 Å². The van der Waals surface area contributed by atoms with Gasteiger partial charge in [0.2, 0.25) is 5.91 Å². The Bertz CT molecular complexity index is 543. The number of nitrogens with zero attached hydrogens (tertiary/aromatic N) is 1. The largest absolute Gasteiger partial charge is 0.467 e. The molecule has 0 saturated carbocycles. The summed E-state index contributed by atoms with van der Waals surface area (Å²) in [6, 6.07) is 1.77. The van der Waals surface area contributed by atoms with E-state index in [1.165, 1.54) is 0 Å². The highest BCUT2D eigenvalue weighted by Crippen LogP contribution is 2.28. The highest BCUT2D eigenvalue weighted by atomic mass is 32.1. The van der Waals surface area contributed by atoms with E-state index in [1.807, 2.05) is 0 Å². The van der Waals surface area contributed by atoms with Crippen molar-refractivity contribution in [1.82, 2.24) is 10.6 Å². The van der Waals surface area contributed by atoms with Crippen LogP contribution in [-0.2, 0) is 19.1 Å². The summed E-state index contributed by atoms with van der Waals surface area (Å²) >= 11 is 4.90. The van der Waals surface area contributed by atoms with Crippen LogP contribution in [0.5, 0.6) is 0 Å². The highest BCUT2D eigenvalue weighted by Gasteiger charge is 2.55. The van der Waals surface area contributed by atoms with Crippen LogP contribution in [0.4, 0.5) is 0 Å². The average Bonchev–Trinajstić information content (AvgIpc) is 2.50. The number of methoxy groups -OCH3 is 1. The maximum absolute atomic E-state index is 12.2. The number of nitrogens with one attached hydrogen (secondary N) is 2. The maximum Gasteiger partial charge on any atom is 0.333 e. The van der Waals surface area contributed by atoms with Gasteiger partial charge in [0.05, 0.1) is 13.2 Å². The fourth-order valence-electron chi connectivity index (χ4n) is 2.60. The number of amides is 1. The van der Waals surface area contributed by atoms with Gasteiger partial charge < -0.3 is 15.4 Å². The molecule has 1 aliphatic heterocycles. The molecule has 1 saturated heterocycles. The first-order valence-corrected chi connectivity index (χ1v) is 7.94. The van der Waals surface area contributed by atoms with Crippen molar-refractivity contribution in [1.29, 1.82) is 5.26 Å². The predicted molar refractivity (Wildman–Crippen MR) is 86.1 cm³/mol. The molecule has 7 nitrogen and oxygen atoms in total. The molecule has 126 valence electrons. The Kier molecular flexibility index (Phi) is 7.10. The van der Waals surface area contributed by atoms with Crippen molar-refractivity contribution in [2.45, 2.75) is 51.0 Å². The molecule has 1 amide bonds. The van der Waals surface area contributed by atoms with E-state index in [2.05, 4.69) is 17.6 Å². The monoisotopic (exact) mass is 339 g/mol. The predicted octanol–water partition coefficient (Wildman–Crippen LogP) is 0.972. The van der Waals surface area contributed by atoms with Crippen molar-refractivity contribution < 1.29 is 19.1 Å². The Morgan fingerprint density at radius 1 is 1.39 bits per heavy atom. The normalized spacial score (nSPS) is 23.4. The summed E-state index contributed by atoms with van der Waals surface area (Å²) in [4.78, 5) is 36.4. The molecule has 0 aromatic carbocycles. The Balaban J connectivity index is 2.96. The smallest absolute Gasteiger partial charge is 0.333 e. The second-order valence-electron chi connectivity index (χ2n) is 5.49. The summed E-state index contributed by atoms with van der Waals surface area (Å²) < 4.78 is 4.72. The standard InChI is InChI=1S/C15H21N3O4S/c1-3-4-5-6-7-10(19)8-15(13(21)22-2)11(9-16)12(20)17-14(23)18-15/h11H,3-8H2,1-2H3,(H2,17,18,20,23)/t11-,15+/m1/s1. The van der Waals surface area contributed by atoms with Crippen LogP contribution in [0, 0.1) is 17.2 Å². The number of unbranched alkanes of at least 4 members (excludes halogenated alkanes) is 3. The molecular formula is C15H21N3O4S. The molecule has 8 heteroatoms. The quantitative estimate of drug-likeness (QED) is 0.385. The second-order valence-corrected chi connectivity index (χ2v) is 5.90. The molecule has 0 aliphatic carbocycles. The molecule has 2 atom stereocenters. The number of esters is 1. The molecular weight excluding hydrogens is 318 g/mol. The van der Waals surface area contributed by atoms with Gasteiger partial charge >= 0.3 is 5.97 Å². The zero-order valence-electron chi connectivity index (χ0n) is 13.3. The molecule has 23 heavy (non-hydrogen) atoms. The molecule has 1 heterocycles. The third kappa shape index (κ3) is 4.48. The van der Waals surface area contributed by atoms with Crippen LogP contribution >= 0.6 is 12.2 Å². The fourth-order valence-corrected chi connectivity index (χ4v) is 2.88. The van der Waals surface area contributed by atoms with Crippen molar-refractivity contribution in [2.75, 3.05) is 7.11 Å². The zero-order valence-corrected chi connectivity index (χ0v) is 14.1. The first-order valence-electron chi connectivity index (χ1n) is 7.54. The van der Waals surface area contributed by atoms with E-state index in [9.17, 15) is 19.6 Å². The molecule has 1 fully saturated rings. The van der Waals surface area contributed by atoms with E-state index in [1.54, 1.807) is 6.07 Å². The Morgan fingerprint density at radius 2 is 2.09 bits per heavy atom. The molecule has 0 aromatic heterocycles. The number of hydrogen-bond acceptors (Lipinski definition) is 6.